The summed E-state index contributed by atoms with van der Waals surface area (Å²) >= 11 is 0. The zero-order valence-electron chi connectivity index (χ0n) is 32.8. The number of ether oxygens (including phenoxy) is 4. The van der Waals surface area contributed by atoms with Gasteiger partial charge in [0.25, 0.3) is 11.8 Å². The lowest BCUT2D eigenvalue weighted by molar-refractivity contribution is -0.155. The molecule has 0 spiro atoms. The average Bonchev–Trinajstić information content (AvgIpc) is 3.17. The second-order valence-electron chi connectivity index (χ2n) is 14.3. The van der Waals surface area contributed by atoms with Crippen LogP contribution in [-0.2, 0) is 27.5 Å². The molecule has 0 saturated carbocycles. The van der Waals surface area contributed by atoms with E-state index in [9.17, 15) is 29.1 Å². The molecule has 13 heteroatoms. The summed E-state index contributed by atoms with van der Waals surface area (Å²) in [7, 11) is 0. The monoisotopic (exact) mass is 787 g/mol. The first-order chi connectivity index (χ1) is 27.6. The molecule has 0 radical (unpaired) electrons. The lowest BCUT2D eigenvalue weighted by atomic mass is 10.1. The number of carboxylic acid groups (broad SMARTS) is 1. The summed E-state index contributed by atoms with van der Waals surface area (Å²) in [6, 6.07) is 30.1. The van der Waals surface area contributed by atoms with Crippen LogP contribution in [0.4, 0.5) is 17.1 Å². The lowest BCUT2D eigenvalue weighted by Gasteiger charge is -2.20. The van der Waals surface area contributed by atoms with Crippen molar-refractivity contribution in [3.05, 3.63) is 143 Å². The van der Waals surface area contributed by atoms with Gasteiger partial charge >= 0.3 is 11.9 Å². The van der Waals surface area contributed by atoms with E-state index in [2.05, 4.69) is 16.0 Å². The Kier molecular flexibility index (Phi) is 13.9. The van der Waals surface area contributed by atoms with E-state index >= 15 is 0 Å². The van der Waals surface area contributed by atoms with Gasteiger partial charge in [0.05, 0.1) is 35.7 Å². The lowest BCUT2D eigenvalue weighted by Crippen LogP contribution is -2.25. The number of anilines is 3. The Morgan fingerprint density at radius 2 is 1.05 bits per heavy atom. The number of aromatic carboxylic acids is 1. The maximum absolute atomic E-state index is 13.7. The van der Waals surface area contributed by atoms with Crippen molar-refractivity contribution in [1.82, 2.24) is 0 Å². The second-order valence-corrected chi connectivity index (χ2v) is 14.3. The van der Waals surface area contributed by atoms with Gasteiger partial charge in [-0.25, -0.2) is 4.79 Å². The van der Waals surface area contributed by atoms with Gasteiger partial charge < -0.3 is 40.0 Å². The third kappa shape index (κ3) is 12.4. The van der Waals surface area contributed by atoms with Gasteiger partial charge in [-0.3, -0.25) is 19.2 Å². The highest BCUT2D eigenvalue weighted by Gasteiger charge is 2.20. The summed E-state index contributed by atoms with van der Waals surface area (Å²) in [6.45, 7) is 8.72. The fourth-order valence-corrected chi connectivity index (χ4v) is 5.45. The normalized spacial score (nSPS) is 10.8. The maximum Gasteiger partial charge on any atom is 0.335 e. The molecule has 58 heavy (non-hydrogen) atoms. The molecule has 4 N–H and O–H groups in total. The van der Waals surface area contributed by atoms with Crippen molar-refractivity contribution in [1.29, 1.82) is 0 Å². The molecular weight excluding hydrogens is 743 g/mol. The second kappa shape index (κ2) is 19.1. The number of amides is 3. The fourth-order valence-electron chi connectivity index (χ4n) is 5.45. The average molecular weight is 788 g/mol. The van der Waals surface area contributed by atoms with Gasteiger partial charge in [-0.15, -0.1) is 0 Å². The Hall–Kier alpha value is -7.15. The van der Waals surface area contributed by atoms with E-state index in [4.69, 9.17) is 18.9 Å². The van der Waals surface area contributed by atoms with Crippen molar-refractivity contribution in [2.75, 3.05) is 22.6 Å². The number of hydrogen-bond acceptors (Lipinski definition) is 9. The highest BCUT2D eigenvalue weighted by atomic mass is 16.6. The topological polar surface area (TPSA) is 179 Å². The quantitative estimate of drug-likeness (QED) is 0.0710. The zero-order valence-corrected chi connectivity index (χ0v) is 32.8. The highest BCUT2D eigenvalue weighted by Crippen LogP contribution is 2.32. The molecule has 0 fully saturated rings. The Bertz CT molecular complexity index is 2280. The third-order valence-corrected chi connectivity index (χ3v) is 8.26. The van der Waals surface area contributed by atoms with E-state index in [0.29, 0.717) is 5.69 Å². The van der Waals surface area contributed by atoms with E-state index in [0.717, 1.165) is 16.7 Å². The van der Waals surface area contributed by atoms with Crippen LogP contribution in [0.5, 0.6) is 17.2 Å². The Balaban J connectivity index is 1.39. The van der Waals surface area contributed by atoms with Crippen molar-refractivity contribution < 1.29 is 48.0 Å². The number of hydrogen-bond donors (Lipinski definition) is 4. The molecule has 5 aromatic carbocycles. The number of rotatable bonds is 16. The predicted octanol–water partition coefficient (Wildman–Crippen LogP) is 8.42. The van der Waals surface area contributed by atoms with Crippen LogP contribution >= 0.6 is 0 Å². The Labute approximate surface area is 336 Å². The van der Waals surface area contributed by atoms with Crippen molar-refractivity contribution in [2.45, 2.75) is 59.9 Å². The van der Waals surface area contributed by atoms with E-state index in [1.807, 2.05) is 61.5 Å². The van der Waals surface area contributed by atoms with Crippen LogP contribution in [0.2, 0.25) is 0 Å². The number of carbonyl (C=O) groups is 5. The molecule has 0 aliphatic carbocycles. The number of benzene rings is 5. The molecule has 5 rings (SSSR count). The van der Waals surface area contributed by atoms with E-state index in [-0.39, 0.29) is 77.5 Å². The van der Waals surface area contributed by atoms with E-state index in [1.54, 1.807) is 26.8 Å². The first kappa shape index (κ1) is 42.0. The van der Waals surface area contributed by atoms with Gasteiger partial charge in [0, 0.05) is 18.1 Å². The van der Waals surface area contributed by atoms with Crippen LogP contribution in [0.3, 0.4) is 0 Å². The molecule has 0 aliphatic heterocycles. The summed E-state index contributed by atoms with van der Waals surface area (Å²) in [4.78, 5) is 63.6. The number of aryl methyl sites for hydroxylation is 1. The maximum atomic E-state index is 13.7. The zero-order chi connectivity index (χ0) is 41.8. The van der Waals surface area contributed by atoms with Gasteiger partial charge in [0.1, 0.15) is 36.1 Å². The van der Waals surface area contributed by atoms with Gasteiger partial charge in [0.15, 0.2) is 0 Å². The smallest absolute Gasteiger partial charge is 0.335 e. The number of carbonyl (C=O) groups excluding carboxylic acids is 4. The number of nitrogens with one attached hydrogen (secondary N) is 3. The van der Waals surface area contributed by atoms with Crippen molar-refractivity contribution in [2.24, 2.45) is 0 Å². The van der Waals surface area contributed by atoms with Crippen LogP contribution in [0.15, 0.2) is 109 Å². The molecule has 300 valence electrons. The SMILES string of the molecule is CC(=O)Nc1ccc(C(=O)Nc2ccc(C(=O)Nc3ccc(C(=O)O)cc3OCc3ccc(C)cc3)cc2OCCC(=O)OC(C)(C)C)cc1OCc1ccccc1. The first-order valence-corrected chi connectivity index (χ1v) is 18.4. The molecular formula is C45H45N3O10. The van der Waals surface area contributed by atoms with Crippen LogP contribution in [0.25, 0.3) is 0 Å². The molecule has 0 heterocycles. The molecule has 0 saturated heterocycles. The summed E-state index contributed by atoms with van der Waals surface area (Å²) in [5.74, 6) is -2.64. The van der Waals surface area contributed by atoms with Gasteiger partial charge in [-0.05, 0) is 93.4 Å². The van der Waals surface area contributed by atoms with Crippen molar-refractivity contribution >= 4 is 46.7 Å². The minimum atomic E-state index is -1.16. The molecule has 0 unspecified atom stereocenters. The Morgan fingerprint density at radius 1 is 0.586 bits per heavy atom. The summed E-state index contributed by atoms with van der Waals surface area (Å²) in [5, 5.41) is 17.9. The number of esters is 1. The molecule has 5 aromatic rings. The van der Waals surface area contributed by atoms with Crippen LogP contribution in [0, 0.1) is 6.92 Å². The van der Waals surface area contributed by atoms with Crippen LogP contribution in [-0.4, -0.2) is 47.0 Å². The fraction of sp³-hybridized carbons (Fsp3) is 0.222. The summed E-state index contributed by atoms with van der Waals surface area (Å²) in [6.07, 6.45) is -0.120. The third-order valence-electron chi connectivity index (χ3n) is 8.26. The van der Waals surface area contributed by atoms with Gasteiger partial charge in [0.2, 0.25) is 5.91 Å². The minimum Gasteiger partial charge on any atom is -0.491 e. The van der Waals surface area contributed by atoms with Gasteiger partial charge in [-0.2, -0.15) is 0 Å². The van der Waals surface area contributed by atoms with Crippen LogP contribution < -0.4 is 30.2 Å². The number of carboxylic acids is 1. The van der Waals surface area contributed by atoms with Crippen molar-refractivity contribution in [3.63, 3.8) is 0 Å². The predicted molar refractivity (Wildman–Crippen MR) is 219 cm³/mol. The molecule has 0 atom stereocenters. The van der Waals surface area contributed by atoms with E-state index in [1.165, 1.54) is 55.5 Å². The minimum absolute atomic E-state index is 0.0303. The van der Waals surface area contributed by atoms with Crippen LogP contribution in [0.1, 0.15) is 81.9 Å². The van der Waals surface area contributed by atoms with E-state index < -0.39 is 29.4 Å². The highest BCUT2D eigenvalue weighted by molar-refractivity contribution is 6.08. The first-order valence-electron chi connectivity index (χ1n) is 18.4. The molecule has 0 aromatic heterocycles. The molecule has 0 aliphatic rings. The molecule has 3 amide bonds. The summed E-state index contributed by atoms with van der Waals surface area (Å²) in [5.41, 5.74) is 3.16. The van der Waals surface area contributed by atoms with Gasteiger partial charge in [-0.1, -0.05) is 60.2 Å². The summed E-state index contributed by atoms with van der Waals surface area (Å²) < 4.78 is 23.4. The Morgan fingerprint density at radius 3 is 1.55 bits per heavy atom. The molecule has 0 bridgehead atoms. The molecule has 13 nitrogen and oxygen atoms in total. The largest absolute Gasteiger partial charge is 0.491 e. The van der Waals surface area contributed by atoms with Crippen molar-refractivity contribution in [3.8, 4) is 17.2 Å². The standard InChI is InChI=1S/C45H45N3O10/c1-28-11-13-31(14-12-28)27-57-40-25-34(44(53)54)17-20-37(40)48-42(51)32-16-19-36(38(23-32)55-22-21-41(50)58-45(3,4)5)47-43(52)33-15-18-35(46-29(2)49)39(24-33)56-26-30-9-7-6-8-10-30/h6-20,23-25H,21-22,26-27H2,1-5H3,(H,46,49)(H,47,52)(H,48,51)(H,53,54).